The van der Waals surface area contributed by atoms with Crippen LogP contribution in [0.2, 0.25) is 0 Å². The maximum atomic E-state index is 11.2. The molecule has 20 heavy (non-hydrogen) atoms. The van der Waals surface area contributed by atoms with Crippen molar-refractivity contribution >= 4 is 28.6 Å². The Labute approximate surface area is 141 Å². The van der Waals surface area contributed by atoms with Crippen LogP contribution in [0.15, 0.2) is 54.6 Å². The second-order valence-corrected chi connectivity index (χ2v) is 5.87. The van der Waals surface area contributed by atoms with E-state index in [1.165, 1.54) is 0 Å². The molecule has 2 aromatic carbocycles. The number of hydrogen-bond donors (Lipinski definition) is 1. The summed E-state index contributed by atoms with van der Waals surface area (Å²) in [7, 11) is 0. The van der Waals surface area contributed by atoms with E-state index in [9.17, 15) is 8.20 Å². The summed E-state index contributed by atoms with van der Waals surface area (Å²) >= 11 is -1.14. The van der Waals surface area contributed by atoms with Gasteiger partial charge in [0.1, 0.15) is 5.75 Å². The molecule has 0 bridgehead atoms. The predicted molar refractivity (Wildman–Crippen MR) is 85.5 cm³/mol. The topological polar surface area (TPSA) is 20.2 Å². The van der Waals surface area contributed by atoms with Gasteiger partial charge >= 0.3 is 40.0 Å². The minimum absolute atomic E-state index is 0. The monoisotopic (exact) mass is 351 g/mol. The summed E-state index contributed by atoms with van der Waals surface area (Å²) in [6.07, 6.45) is 0. The second-order valence-electron chi connectivity index (χ2n) is 4.01. The molecule has 0 aliphatic rings. The van der Waals surface area contributed by atoms with E-state index >= 15 is 0 Å². The van der Waals surface area contributed by atoms with E-state index in [0.717, 1.165) is 14.9 Å². The molecule has 5 heteroatoms. The third kappa shape index (κ3) is 8.49. The molecular formula is C15H18Cl2FOTi. The molecule has 0 aliphatic carbocycles. The first-order valence-corrected chi connectivity index (χ1v) is 7.02. The van der Waals surface area contributed by atoms with E-state index in [0.29, 0.717) is 5.75 Å². The first-order valence-electron chi connectivity index (χ1n) is 5.64. The summed E-state index contributed by atoms with van der Waals surface area (Å²) in [5, 5.41) is 9.27. The molecule has 0 atom stereocenters. The summed E-state index contributed by atoms with van der Waals surface area (Å²) in [5.74, 6) is 0.307. The maximum absolute atomic E-state index is 11.2. The molecule has 0 saturated heterocycles. The van der Waals surface area contributed by atoms with Crippen LogP contribution in [0.5, 0.6) is 5.75 Å². The maximum Gasteiger partial charge on any atom is 0.116 e. The minimum Gasteiger partial charge on any atom is -0.508 e. The largest absolute Gasteiger partial charge is 0.508 e. The second kappa shape index (κ2) is 12.1. The standard InChI is InChI=1S/C12H10O.C3H6.2ClH.FH.Ti/c13-12-8-4-7-11(9-12)10-5-2-1-3-6-10;1-3-2;;;;/h1-9,13H;1-2H3;3*1H;/q;;;;;+1/p-1. The molecule has 0 unspecified atom stereocenters. The minimum atomic E-state index is -1.14. The van der Waals surface area contributed by atoms with Crippen molar-refractivity contribution in [3.8, 4) is 16.9 Å². The number of aromatic hydroxyl groups is 1. The Kier molecular flexibility index (Phi) is 13.1. The number of rotatable bonds is 1. The Bertz CT molecular complexity index is 514. The molecule has 0 aliphatic heterocycles. The van der Waals surface area contributed by atoms with Gasteiger partial charge in [-0.1, -0.05) is 42.5 Å². The molecule has 109 valence electrons. The zero-order valence-corrected chi connectivity index (χ0v) is 14.5. The van der Waals surface area contributed by atoms with E-state index in [2.05, 4.69) is 0 Å². The van der Waals surface area contributed by atoms with Crippen LogP contribution in [0.4, 0.5) is 3.09 Å². The fraction of sp³-hybridized carbons (Fsp3) is 0.133. The van der Waals surface area contributed by atoms with E-state index in [-0.39, 0.29) is 24.8 Å². The first kappa shape index (κ1) is 21.6. The van der Waals surface area contributed by atoms with Crippen LogP contribution in [0.1, 0.15) is 13.8 Å². The van der Waals surface area contributed by atoms with Crippen molar-refractivity contribution in [2.45, 2.75) is 13.8 Å². The van der Waals surface area contributed by atoms with Gasteiger partial charge < -0.3 is 5.11 Å². The quantitative estimate of drug-likeness (QED) is 0.711. The average Bonchev–Trinajstić information content (AvgIpc) is 2.40. The van der Waals surface area contributed by atoms with Crippen LogP contribution in [0.3, 0.4) is 0 Å². The van der Waals surface area contributed by atoms with Crippen LogP contribution in [-0.2, 0) is 19.2 Å². The van der Waals surface area contributed by atoms with E-state index in [1.807, 2.05) is 56.3 Å². The van der Waals surface area contributed by atoms with E-state index in [1.54, 1.807) is 12.1 Å². The fourth-order valence-electron chi connectivity index (χ4n) is 1.32. The van der Waals surface area contributed by atoms with Crippen molar-refractivity contribution in [3.05, 3.63) is 54.6 Å². The number of phenols is 1. The fourth-order valence-corrected chi connectivity index (χ4v) is 1.32. The third-order valence-corrected chi connectivity index (χ3v) is 2.73. The SMILES string of the molecule is C[C](C)=[Ti][F].Cl.Cl.Oc1cccc(-c2ccccc2)c1. The van der Waals surface area contributed by atoms with Crippen LogP contribution in [-0.4, -0.2) is 8.92 Å². The predicted octanol–water partition coefficient (Wildman–Crippen LogP) is 5.07. The van der Waals surface area contributed by atoms with Crippen molar-refractivity contribution in [2.24, 2.45) is 0 Å². The van der Waals surface area contributed by atoms with Gasteiger partial charge in [-0.15, -0.1) is 24.8 Å². The zero-order chi connectivity index (χ0) is 13.4. The summed E-state index contributed by atoms with van der Waals surface area (Å²) < 4.78 is 12.2. The van der Waals surface area contributed by atoms with Crippen molar-refractivity contribution in [1.29, 1.82) is 0 Å². The molecule has 0 radical (unpaired) electrons. The van der Waals surface area contributed by atoms with Gasteiger partial charge in [-0.2, -0.15) is 0 Å². The molecule has 0 heterocycles. The average molecular weight is 352 g/mol. The van der Waals surface area contributed by atoms with E-state index < -0.39 is 19.2 Å². The van der Waals surface area contributed by atoms with Crippen molar-refractivity contribution < 1.29 is 27.4 Å². The molecule has 1 nitrogen and oxygen atoms in total. The summed E-state index contributed by atoms with van der Waals surface area (Å²) in [6, 6.07) is 17.3. The Morgan fingerprint density at radius 2 is 1.40 bits per heavy atom. The van der Waals surface area contributed by atoms with Gasteiger partial charge in [0.15, 0.2) is 0 Å². The van der Waals surface area contributed by atoms with Gasteiger partial charge in [-0.3, -0.25) is 0 Å². The number of phenolic OH excluding ortho intramolecular Hbond substituents is 1. The van der Waals surface area contributed by atoms with Crippen LogP contribution in [0, 0.1) is 0 Å². The summed E-state index contributed by atoms with van der Waals surface area (Å²) in [5.41, 5.74) is 2.17. The number of benzene rings is 2. The Hall–Kier alpha value is -0.666. The van der Waals surface area contributed by atoms with Gasteiger partial charge in [0.25, 0.3) is 0 Å². The molecule has 0 spiro atoms. The molecule has 2 rings (SSSR count). The molecular weight excluding hydrogens is 334 g/mol. The van der Waals surface area contributed by atoms with Gasteiger partial charge in [0, 0.05) is 0 Å². The zero-order valence-electron chi connectivity index (χ0n) is 11.3. The third-order valence-electron chi connectivity index (χ3n) is 2.14. The van der Waals surface area contributed by atoms with Crippen molar-refractivity contribution in [3.63, 3.8) is 0 Å². The molecule has 1 N–H and O–H groups in total. The summed E-state index contributed by atoms with van der Waals surface area (Å²) in [6.45, 7) is 3.64. The molecule has 0 amide bonds. The molecule has 0 saturated carbocycles. The van der Waals surface area contributed by atoms with Crippen LogP contribution < -0.4 is 0 Å². The van der Waals surface area contributed by atoms with Crippen LogP contribution in [0.25, 0.3) is 11.1 Å². The van der Waals surface area contributed by atoms with Crippen molar-refractivity contribution in [1.82, 2.24) is 0 Å². The van der Waals surface area contributed by atoms with Crippen molar-refractivity contribution in [2.75, 3.05) is 0 Å². The molecule has 0 aromatic heterocycles. The smallest absolute Gasteiger partial charge is 0.116 e. The number of hydrogen-bond acceptors (Lipinski definition) is 1. The van der Waals surface area contributed by atoms with Gasteiger partial charge in [-0.25, -0.2) is 0 Å². The Balaban J connectivity index is 0. The normalized spacial score (nSPS) is 7.95. The van der Waals surface area contributed by atoms with Gasteiger partial charge in [0.05, 0.1) is 0 Å². The van der Waals surface area contributed by atoms with Gasteiger partial charge in [-0.05, 0) is 23.3 Å². The molecule has 2 aromatic rings. The van der Waals surface area contributed by atoms with Gasteiger partial charge in [0.2, 0.25) is 0 Å². The van der Waals surface area contributed by atoms with E-state index in [4.69, 9.17) is 0 Å². The van der Waals surface area contributed by atoms with Crippen LogP contribution >= 0.6 is 24.8 Å². The first-order chi connectivity index (χ1) is 8.63. The molecule has 0 fully saturated rings. The Morgan fingerprint density at radius 3 is 1.85 bits per heavy atom. The number of halogens is 3. The summed E-state index contributed by atoms with van der Waals surface area (Å²) in [4.78, 5) is 0. The Morgan fingerprint density at radius 1 is 0.900 bits per heavy atom.